The van der Waals surface area contributed by atoms with Gasteiger partial charge in [0.05, 0.1) is 12.2 Å². The van der Waals surface area contributed by atoms with Crippen molar-refractivity contribution in [3.63, 3.8) is 0 Å². The molecule has 0 saturated heterocycles. The highest BCUT2D eigenvalue weighted by atomic mass is 35.5. The van der Waals surface area contributed by atoms with Crippen molar-refractivity contribution in [2.45, 2.75) is 25.0 Å². The van der Waals surface area contributed by atoms with Crippen molar-refractivity contribution in [1.82, 2.24) is 0 Å². The molecule has 1 saturated carbocycles. The summed E-state index contributed by atoms with van der Waals surface area (Å²) < 4.78 is 0. The lowest BCUT2D eigenvalue weighted by molar-refractivity contribution is 0.147. The van der Waals surface area contributed by atoms with Gasteiger partial charge in [-0.25, -0.2) is 0 Å². The van der Waals surface area contributed by atoms with Crippen LogP contribution in [-0.4, -0.2) is 10.2 Å². The lowest BCUT2D eigenvalue weighted by Gasteiger charge is -2.12. The van der Waals surface area contributed by atoms with Crippen LogP contribution in [0.15, 0.2) is 18.2 Å². The average Bonchev–Trinajstić information content (AvgIpc) is 2.84. The van der Waals surface area contributed by atoms with Gasteiger partial charge >= 0.3 is 0 Å². The van der Waals surface area contributed by atoms with E-state index in [2.05, 4.69) is 0 Å². The normalized spacial score (nSPS) is 18.7. The van der Waals surface area contributed by atoms with Gasteiger partial charge in [0.25, 0.3) is 0 Å². The maximum atomic E-state index is 9.85. The molecule has 2 N–H and O–H groups in total. The minimum atomic E-state index is -0.692. The number of benzene rings is 1. The molecule has 0 radical (unpaired) electrons. The Balaban J connectivity index is 2.45. The average molecular weight is 199 g/mol. The maximum absolute atomic E-state index is 9.85. The van der Waals surface area contributed by atoms with Crippen molar-refractivity contribution >= 4 is 11.6 Å². The highest BCUT2D eigenvalue weighted by Gasteiger charge is 2.43. The Bertz CT molecular complexity index is 332. The quantitative estimate of drug-likeness (QED) is 0.761. The Labute approximate surface area is 81.8 Å². The minimum Gasteiger partial charge on any atom is -0.392 e. The van der Waals surface area contributed by atoms with Gasteiger partial charge in [0.1, 0.15) is 0 Å². The van der Waals surface area contributed by atoms with Crippen LogP contribution < -0.4 is 0 Å². The molecule has 3 heteroatoms. The minimum absolute atomic E-state index is 0.0712. The lowest BCUT2D eigenvalue weighted by atomic mass is 10.0. The van der Waals surface area contributed by atoms with Crippen LogP contribution in [0, 0.1) is 0 Å². The Morgan fingerprint density at radius 2 is 2.08 bits per heavy atom. The third-order valence-electron chi connectivity index (χ3n) is 2.46. The number of rotatable bonds is 2. The van der Waals surface area contributed by atoms with Crippen LogP contribution in [-0.2, 0) is 12.2 Å². The summed E-state index contributed by atoms with van der Waals surface area (Å²) in [6, 6.07) is 5.24. The lowest BCUT2D eigenvalue weighted by Crippen LogP contribution is -2.08. The molecule has 1 aromatic carbocycles. The fourth-order valence-corrected chi connectivity index (χ4v) is 1.73. The molecule has 13 heavy (non-hydrogen) atoms. The molecule has 70 valence electrons. The Morgan fingerprint density at radius 3 is 2.62 bits per heavy atom. The molecule has 0 aliphatic heterocycles. The zero-order chi connectivity index (χ0) is 9.47. The highest BCUT2D eigenvalue weighted by molar-refractivity contribution is 6.30. The first-order chi connectivity index (χ1) is 6.15. The predicted octanol–water partition coefficient (Wildman–Crippen LogP) is 1.81. The molecule has 1 aromatic rings. The zero-order valence-electron chi connectivity index (χ0n) is 7.13. The van der Waals surface area contributed by atoms with Gasteiger partial charge in [-0.1, -0.05) is 17.7 Å². The molecule has 0 aromatic heterocycles. The fourth-order valence-electron chi connectivity index (χ4n) is 1.53. The van der Waals surface area contributed by atoms with E-state index in [1.54, 1.807) is 18.2 Å². The molecule has 2 rings (SSSR count). The molecule has 0 bridgehead atoms. The van der Waals surface area contributed by atoms with Crippen LogP contribution in [0.5, 0.6) is 0 Å². The summed E-state index contributed by atoms with van der Waals surface area (Å²) in [7, 11) is 0. The van der Waals surface area contributed by atoms with Gasteiger partial charge in [0.2, 0.25) is 0 Å². The second kappa shape index (κ2) is 2.98. The van der Waals surface area contributed by atoms with E-state index in [1.165, 1.54) is 0 Å². The number of halogens is 1. The van der Waals surface area contributed by atoms with E-state index in [9.17, 15) is 5.11 Å². The standard InChI is InChI=1S/C10H11ClO2/c11-8-1-2-9(7(5-8)6-12)10(13)3-4-10/h1-2,5,12-13H,3-4,6H2. The molecular formula is C10H11ClO2. The van der Waals surface area contributed by atoms with Crippen molar-refractivity contribution < 1.29 is 10.2 Å². The Morgan fingerprint density at radius 1 is 1.38 bits per heavy atom. The van der Waals surface area contributed by atoms with Gasteiger partial charge in [0.15, 0.2) is 0 Å². The molecule has 0 spiro atoms. The molecule has 0 amide bonds. The number of hydrogen-bond acceptors (Lipinski definition) is 2. The molecule has 1 aliphatic rings. The third-order valence-corrected chi connectivity index (χ3v) is 2.70. The summed E-state index contributed by atoms with van der Waals surface area (Å²) in [4.78, 5) is 0. The summed E-state index contributed by atoms with van der Waals surface area (Å²) in [5.41, 5.74) is 0.856. The van der Waals surface area contributed by atoms with Gasteiger partial charge in [-0.05, 0) is 36.1 Å². The number of hydrogen-bond donors (Lipinski definition) is 2. The fraction of sp³-hybridized carbons (Fsp3) is 0.400. The Hall–Kier alpha value is -0.570. The van der Waals surface area contributed by atoms with Crippen molar-refractivity contribution in [2.75, 3.05) is 0 Å². The van der Waals surface area contributed by atoms with Gasteiger partial charge in [-0.3, -0.25) is 0 Å². The first-order valence-corrected chi connectivity index (χ1v) is 4.66. The van der Waals surface area contributed by atoms with Crippen molar-refractivity contribution in [1.29, 1.82) is 0 Å². The van der Waals surface area contributed by atoms with Crippen LogP contribution in [0.4, 0.5) is 0 Å². The second-order valence-corrected chi connectivity index (χ2v) is 3.93. The van der Waals surface area contributed by atoms with E-state index in [4.69, 9.17) is 16.7 Å². The van der Waals surface area contributed by atoms with Crippen LogP contribution in [0.3, 0.4) is 0 Å². The van der Waals surface area contributed by atoms with Gasteiger partial charge in [-0.2, -0.15) is 0 Å². The van der Waals surface area contributed by atoms with E-state index in [-0.39, 0.29) is 6.61 Å². The van der Waals surface area contributed by atoms with E-state index in [0.29, 0.717) is 5.02 Å². The molecular weight excluding hydrogens is 188 g/mol. The monoisotopic (exact) mass is 198 g/mol. The van der Waals surface area contributed by atoms with Crippen LogP contribution in [0.2, 0.25) is 5.02 Å². The van der Waals surface area contributed by atoms with Crippen LogP contribution in [0.1, 0.15) is 24.0 Å². The SMILES string of the molecule is OCc1cc(Cl)ccc1C1(O)CC1. The zero-order valence-corrected chi connectivity index (χ0v) is 7.88. The molecule has 0 unspecified atom stereocenters. The summed E-state index contributed by atoms with van der Waals surface area (Å²) >= 11 is 5.77. The summed E-state index contributed by atoms with van der Waals surface area (Å²) in [6.07, 6.45) is 1.56. The number of aliphatic hydroxyl groups is 2. The Kier molecular flexibility index (Phi) is 2.06. The van der Waals surface area contributed by atoms with Crippen molar-refractivity contribution in [3.8, 4) is 0 Å². The smallest absolute Gasteiger partial charge is 0.0902 e. The molecule has 1 aliphatic carbocycles. The van der Waals surface area contributed by atoms with E-state index in [0.717, 1.165) is 24.0 Å². The van der Waals surface area contributed by atoms with Gasteiger partial charge in [-0.15, -0.1) is 0 Å². The predicted molar refractivity (Wildman–Crippen MR) is 50.5 cm³/mol. The van der Waals surface area contributed by atoms with E-state index < -0.39 is 5.60 Å². The second-order valence-electron chi connectivity index (χ2n) is 3.49. The topological polar surface area (TPSA) is 40.5 Å². The molecule has 2 nitrogen and oxygen atoms in total. The van der Waals surface area contributed by atoms with Crippen LogP contribution in [0.25, 0.3) is 0 Å². The van der Waals surface area contributed by atoms with Crippen LogP contribution >= 0.6 is 11.6 Å². The van der Waals surface area contributed by atoms with E-state index >= 15 is 0 Å². The first kappa shape index (κ1) is 9.00. The number of aliphatic hydroxyl groups excluding tert-OH is 1. The van der Waals surface area contributed by atoms with Gasteiger partial charge in [0, 0.05) is 5.02 Å². The van der Waals surface area contributed by atoms with Crippen molar-refractivity contribution in [3.05, 3.63) is 34.3 Å². The summed E-state index contributed by atoms with van der Waals surface area (Å²) in [5.74, 6) is 0. The molecule has 0 atom stereocenters. The molecule has 1 fully saturated rings. The first-order valence-electron chi connectivity index (χ1n) is 4.28. The van der Waals surface area contributed by atoms with E-state index in [1.807, 2.05) is 0 Å². The summed E-state index contributed by atoms with van der Waals surface area (Å²) in [5, 5.41) is 19.5. The van der Waals surface area contributed by atoms with Crippen molar-refractivity contribution in [2.24, 2.45) is 0 Å². The largest absolute Gasteiger partial charge is 0.392 e. The summed E-state index contributed by atoms with van der Waals surface area (Å²) in [6.45, 7) is -0.0712. The maximum Gasteiger partial charge on any atom is 0.0902 e. The molecule has 0 heterocycles. The third kappa shape index (κ3) is 1.57. The highest BCUT2D eigenvalue weighted by Crippen LogP contribution is 2.46. The van der Waals surface area contributed by atoms with Gasteiger partial charge < -0.3 is 10.2 Å².